The van der Waals surface area contributed by atoms with Crippen LogP contribution >= 0.6 is 23.1 Å². The number of nitrogens with one attached hydrogen (secondary N) is 3. The number of hydrogen-bond donors (Lipinski definition) is 3. The van der Waals surface area contributed by atoms with Gasteiger partial charge < -0.3 is 20.7 Å². The van der Waals surface area contributed by atoms with Crippen molar-refractivity contribution in [2.45, 2.75) is 17.1 Å². The van der Waals surface area contributed by atoms with Gasteiger partial charge in [0.2, 0.25) is 5.91 Å². The Labute approximate surface area is 319 Å². The van der Waals surface area contributed by atoms with Crippen molar-refractivity contribution in [2.75, 3.05) is 17.2 Å². The molecule has 0 aliphatic heterocycles. The molecule has 6 rings (SSSR count). The number of ether oxygens (including phenoxy) is 1. The van der Waals surface area contributed by atoms with Crippen molar-refractivity contribution in [2.24, 2.45) is 0 Å². The third kappa shape index (κ3) is 9.85. The number of thioether (sulfide) groups is 1. The van der Waals surface area contributed by atoms with Gasteiger partial charge in [-0.25, -0.2) is 4.98 Å². The number of anilines is 2. The minimum atomic E-state index is -0.659. The van der Waals surface area contributed by atoms with Gasteiger partial charge >= 0.3 is 0 Å². The van der Waals surface area contributed by atoms with E-state index in [9.17, 15) is 24.5 Å². The number of amides is 3. The molecule has 0 saturated carbocycles. The van der Waals surface area contributed by atoms with Gasteiger partial charge in [-0.3, -0.25) is 24.5 Å². The maximum Gasteiger partial charge on any atom is 0.272 e. The molecule has 0 saturated heterocycles. The van der Waals surface area contributed by atoms with Crippen LogP contribution in [-0.4, -0.2) is 34.2 Å². The molecular weight excluding hydrogens is 723 g/mol. The molecule has 0 aliphatic carbocycles. The molecule has 13 heteroatoms. The van der Waals surface area contributed by atoms with Crippen molar-refractivity contribution >= 4 is 63.4 Å². The van der Waals surface area contributed by atoms with Gasteiger partial charge in [0.1, 0.15) is 16.7 Å². The Morgan fingerprint density at radius 3 is 2.26 bits per heavy atom. The van der Waals surface area contributed by atoms with Gasteiger partial charge in [-0.1, -0.05) is 72.8 Å². The average molecular weight is 756 g/mol. The molecule has 1 atom stereocenters. The van der Waals surface area contributed by atoms with Crippen LogP contribution in [0, 0.1) is 10.1 Å². The summed E-state index contributed by atoms with van der Waals surface area (Å²) in [5, 5.41) is 21.2. The molecule has 1 heterocycles. The summed E-state index contributed by atoms with van der Waals surface area (Å²) >= 11 is 2.54. The summed E-state index contributed by atoms with van der Waals surface area (Å²) in [4.78, 5) is 56.4. The number of rotatable bonds is 14. The highest BCUT2D eigenvalue weighted by molar-refractivity contribution is 8.00. The molecule has 3 amide bonds. The minimum absolute atomic E-state index is 0.0445. The van der Waals surface area contributed by atoms with Crippen LogP contribution in [0.2, 0.25) is 0 Å². The summed E-state index contributed by atoms with van der Waals surface area (Å²) in [6.45, 7) is 2.42. The molecule has 6 aromatic rings. The van der Waals surface area contributed by atoms with Crippen LogP contribution in [0.5, 0.6) is 5.75 Å². The highest BCUT2D eigenvalue weighted by atomic mass is 32.2. The van der Waals surface area contributed by atoms with Crippen LogP contribution < -0.4 is 20.7 Å². The highest BCUT2D eigenvalue weighted by Gasteiger charge is 2.24. The van der Waals surface area contributed by atoms with E-state index in [2.05, 4.69) is 20.9 Å². The Morgan fingerprint density at radius 1 is 0.870 bits per heavy atom. The normalized spacial score (nSPS) is 11.6. The molecule has 11 nitrogen and oxygen atoms in total. The Kier molecular flexibility index (Phi) is 12.2. The van der Waals surface area contributed by atoms with Crippen LogP contribution in [0.25, 0.3) is 17.3 Å². The first-order valence-electron chi connectivity index (χ1n) is 16.7. The zero-order valence-electron chi connectivity index (χ0n) is 28.8. The maximum absolute atomic E-state index is 13.7. The molecule has 5 aromatic carbocycles. The standard InChI is InChI=1S/C41H33N5O6S2/c1-2-52-33-20-16-27(17-21-33)24-35(43-38(47)29-12-7-4-8-13-29)39(48)42-31-18-22-34(23-19-31)54-37(28-10-5-3-6-11-28)40(49)45-41-44-36(26-53-41)30-14-9-15-32(25-30)46(50)51/h3-26,37H,2H2,1H3,(H,42,48)(H,43,47)(H,44,45,49)/b35-24-. The Morgan fingerprint density at radius 2 is 1.57 bits per heavy atom. The predicted octanol–water partition coefficient (Wildman–Crippen LogP) is 9.00. The number of carbonyl (C=O) groups excluding carboxylic acids is 3. The summed E-state index contributed by atoms with van der Waals surface area (Å²) in [5.74, 6) is -0.572. The third-order valence-electron chi connectivity index (χ3n) is 7.82. The van der Waals surface area contributed by atoms with E-state index in [1.54, 1.807) is 102 Å². The lowest BCUT2D eigenvalue weighted by atomic mass is 10.1. The largest absolute Gasteiger partial charge is 0.494 e. The lowest BCUT2D eigenvalue weighted by Gasteiger charge is -2.17. The summed E-state index contributed by atoms with van der Waals surface area (Å²) in [5.41, 5.74) is 3.42. The summed E-state index contributed by atoms with van der Waals surface area (Å²) < 4.78 is 5.53. The first-order valence-corrected chi connectivity index (χ1v) is 18.5. The number of non-ortho nitro benzene ring substituents is 1. The zero-order chi connectivity index (χ0) is 37.9. The number of benzene rings is 5. The molecule has 0 spiro atoms. The molecule has 0 bridgehead atoms. The first-order chi connectivity index (χ1) is 26.2. The van der Waals surface area contributed by atoms with Crippen LogP contribution in [0.4, 0.5) is 16.5 Å². The maximum atomic E-state index is 13.7. The van der Waals surface area contributed by atoms with Crippen molar-refractivity contribution in [3.63, 3.8) is 0 Å². The number of nitro groups is 1. The molecule has 270 valence electrons. The number of nitrogens with zero attached hydrogens (tertiary/aromatic N) is 2. The molecule has 1 unspecified atom stereocenters. The van der Waals surface area contributed by atoms with E-state index < -0.39 is 22.0 Å². The van der Waals surface area contributed by atoms with Crippen molar-refractivity contribution in [1.29, 1.82) is 0 Å². The fourth-order valence-corrected chi connectivity index (χ4v) is 6.95. The van der Waals surface area contributed by atoms with Crippen molar-refractivity contribution in [1.82, 2.24) is 10.3 Å². The van der Waals surface area contributed by atoms with E-state index in [0.717, 1.165) is 10.5 Å². The quantitative estimate of drug-likeness (QED) is 0.0431. The Bertz CT molecular complexity index is 2280. The van der Waals surface area contributed by atoms with E-state index in [-0.39, 0.29) is 17.3 Å². The number of aromatic nitrogens is 1. The van der Waals surface area contributed by atoms with Crippen LogP contribution in [0.1, 0.15) is 33.7 Å². The second-order valence-corrected chi connectivity index (χ2v) is 13.6. The van der Waals surface area contributed by atoms with Gasteiger partial charge in [0.05, 0.1) is 17.2 Å². The predicted molar refractivity (Wildman–Crippen MR) is 212 cm³/mol. The van der Waals surface area contributed by atoms with Crippen molar-refractivity contribution < 1.29 is 24.0 Å². The summed E-state index contributed by atoms with van der Waals surface area (Å²) in [7, 11) is 0. The van der Waals surface area contributed by atoms with Gasteiger partial charge in [0, 0.05) is 39.2 Å². The van der Waals surface area contributed by atoms with Gasteiger partial charge in [0.25, 0.3) is 17.5 Å². The second kappa shape index (κ2) is 17.8. The fraction of sp³-hybridized carbons (Fsp3) is 0.0732. The van der Waals surface area contributed by atoms with E-state index in [1.807, 2.05) is 37.3 Å². The highest BCUT2D eigenvalue weighted by Crippen LogP contribution is 2.37. The van der Waals surface area contributed by atoms with Crippen LogP contribution in [0.15, 0.2) is 149 Å². The monoisotopic (exact) mass is 755 g/mol. The van der Waals surface area contributed by atoms with Gasteiger partial charge in [0.15, 0.2) is 5.13 Å². The Hall–Kier alpha value is -6.57. The lowest BCUT2D eigenvalue weighted by Crippen LogP contribution is -2.30. The van der Waals surface area contributed by atoms with Crippen LogP contribution in [0.3, 0.4) is 0 Å². The summed E-state index contributed by atoms with van der Waals surface area (Å²) in [6.07, 6.45) is 1.59. The van der Waals surface area contributed by atoms with Crippen LogP contribution in [-0.2, 0) is 9.59 Å². The molecule has 0 radical (unpaired) electrons. The number of carbonyl (C=O) groups is 3. The fourth-order valence-electron chi connectivity index (χ4n) is 5.20. The lowest BCUT2D eigenvalue weighted by molar-refractivity contribution is -0.384. The molecule has 3 N–H and O–H groups in total. The third-order valence-corrected chi connectivity index (χ3v) is 9.85. The SMILES string of the molecule is CCOc1ccc(/C=C(\NC(=O)c2ccccc2)C(=O)Nc2ccc(SC(C(=O)Nc3nc(-c4cccc([N+](=O)[O-])c4)cs3)c3ccccc3)cc2)cc1. The smallest absolute Gasteiger partial charge is 0.272 e. The number of nitro benzene ring substituents is 1. The molecule has 1 aromatic heterocycles. The van der Waals surface area contributed by atoms with Crippen molar-refractivity contribution in [3.05, 3.63) is 171 Å². The van der Waals surface area contributed by atoms with Gasteiger partial charge in [-0.2, -0.15) is 0 Å². The molecule has 0 aliphatic rings. The average Bonchev–Trinajstić information content (AvgIpc) is 3.67. The molecule has 0 fully saturated rings. The number of thiazole rings is 1. The second-order valence-electron chi connectivity index (χ2n) is 11.6. The van der Waals surface area contributed by atoms with Crippen molar-refractivity contribution in [3.8, 4) is 17.0 Å². The molecular formula is C41H33N5O6S2. The number of hydrogen-bond acceptors (Lipinski definition) is 9. The van der Waals surface area contributed by atoms with Gasteiger partial charge in [-0.05, 0) is 72.7 Å². The minimum Gasteiger partial charge on any atom is -0.494 e. The van der Waals surface area contributed by atoms with E-state index in [4.69, 9.17) is 4.74 Å². The van der Waals surface area contributed by atoms with E-state index in [0.29, 0.717) is 45.6 Å². The van der Waals surface area contributed by atoms with Gasteiger partial charge in [-0.15, -0.1) is 23.1 Å². The summed E-state index contributed by atoms with van der Waals surface area (Å²) in [6, 6.07) is 38.3. The van der Waals surface area contributed by atoms with E-state index >= 15 is 0 Å². The van der Waals surface area contributed by atoms with E-state index in [1.165, 1.54) is 35.2 Å². The topological polar surface area (TPSA) is 153 Å². The zero-order valence-corrected chi connectivity index (χ0v) is 30.4. The Balaban J connectivity index is 1.17. The first kappa shape index (κ1) is 37.2. The molecule has 54 heavy (non-hydrogen) atoms.